The van der Waals surface area contributed by atoms with Gasteiger partial charge in [0, 0.05) is 37.2 Å². The van der Waals surface area contributed by atoms with Gasteiger partial charge in [-0.2, -0.15) is 4.98 Å². The number of hydrogen-bond donors (Lipinski definition) is 0. The first-order chi connectivity index (χ1) is 27.0. The minimum atomic E-state index is -0.0746. The summed E-state index contributed by atoms with van der Waals surface area (Å²) in [6.45, 7) is 11.0. The molecule has 0 spiro atoms. The Balaban J connectivity index is 1.22. The third kappa shape index (κ3) is 4.45. The molecule has 262 valence electrons. The zero-order valence-electron chi connectivity index (χ0n) is 30.8. The van der Waals surface area contributed by atoms with Gasteiger partial charge in [-0.05, 0) is 82.8 Å². The van der Waals surface area contributed by atoms with Crippen molar-refractivity contribution < 1.29 is 0 Å². The molecule has 1 aliphatic carbocycles. The molecule has 4 nitrogen and oxygen atoms in total. The summed E-state index contributed by atoms with van der Waals surface area (Å²) in [5.74, 6) is 1.49. The summed E-state index contributed by atoms with van der Waals surface area (Å²) in [4.78, 5) is 12.0. The second kappa shape index (κ2) is 11.7. The number of hydrogen-bond acceptors (Lipinski definition) is 3. The van der Waals surface area contributed by atoms with E-state index < -0.39 is 0 Å². The molecule has 0 unspecified atom stereocenters. The molecule has 0 saturated heterocycles. The standard InChI is InChI=1S/C50H36N4S/c1-5-15-34-35-17-10-14-23-44(35)54(41(34)6-2)49-51-47(53-42-21-12-8-18-36(42)37-19-9-13-22-43(37)53)46-38-28-30(25-27-45(38)55-48(46)52-49)31-24-26-33-32-16-7-11-20-39(32)50(3,4)40(33)29-31/h5-29H,2H2,1,3-4H3/b15-5-. The number of nitrogens with zero attached hydrogens (tertiary/aromatic N) is 4. The smallest absolute Gasteiger partial charge is 0.238 e. The lowest BCUT2D eigenvalue weighted by molar-refractivity contribution is 0.660. The summed E-state index contributed by atoms with van der Waals surface area (Å²) in [7, 11) is 0. The summed E-state index contributed by atoms with van der Waals surface area (Å²) in [6, 6.07) is 48.5. The van der Waals surface area contributed by atoms with Gasteiger partial charge in [0.15, 0.2) is 5.82 Å². The average molecular weight is 725 g/mol. The second-order valence-corrected chi connectivity index (χ2v) is 16.0. The first-order valence-corrected chi connectivity index (χ1v) is 19.6. The molecule has 0 saturated carbocycles. The minimum absolute atomic E-state index is 0.0746. The molecule has 0 aliphatic heterocycles. The Morgan fingerprint density at radius 3 is 1.96 bits per heavy atom. The molecule has 0 bridgehead atoms. The maximum absolute atomic E-state index is 5.61. The molecule has 55 heavy (non-hydrogen) atoms. The van der Waals surface area contributed by atoms with Gasteiger partial charge in [0.25, 0.3) is 0 Å². The predicted octanol–water partition coefficient (Wildman–Crippen LogP) is 13.5. The van der Waals surface area contributed by atoms with Gasteiger partial charge < -0.3 is 0 Å². The average Bonchev–Trinajstić information content (AvgIpc) is 3.92. The minimum Gasteiger partial charge on any atom is -0.293 e. The van der Waals surface area contributed by atoms with E-state index in [-0.39, 0.29) is 5.41 Å². The lowest BCUT2D eigenvalue weighted by Gasteiger charge is -2.22. The van der Waals surface area contributed by atoms with Crippen LogP contribution in [0, 0.1) is 0 Å². The van der Waals surface area contributed by atoms with E-state index in [1.807, 2.05) is 6.08 Å². The lowest BCUT2D eigenvalue weighted by Crippen LogP contribution is -2.14. The van der Waals surface area contributed by atoms with Gasteiger partial charge in [-0.15, -0.1) is 11.3 Å². The SMILES string of the molecule is C=Cc1c(/C=C\C)c2ccccc2n1-c1nc(-n2c3ccccc3c3ccccc32)c2c(n1)sc1ccc(-c3ccc4c(c3)C(C)(C)c3ccccc3-4)cc12. The van der Waals surface area contributed by atoms with Crippen LogP contribution in [-0.2, 0) is 5.41 Å². The number of para-hydroxylation sites is 3. The molecule has 6 aromatic carbocycles. The Morgan fingerprint density at radius 2 is 1.24 bits per heavy atom. The normalized spacial score (nSPS) is 13.5. The molecule has 4 aromatic heterocycles. The molecule has 10 aromatic rings. The van der Waals surface area contributed by atoms with Crippen molar-refractivity contribution in [2.24, 2.45) is 0 Å². The van der Waals surface area contributed by atoms with Crippen molar-refractivity contribution in [2.75, 3.05) is 0 Å². The molecule has 4 heterocycles. The number of rotatable bonds is 5. The van der Waals surface area contributed by atoms with Gasteiger partial charge >= 0.3 is 0 Å². The molecule has 0 N–H and O–H groups in total. The lowest BCUT2D eigenvalue weighted by atomic mass is 9.81. The maximum atomic E-state index is 5.61. The summed E-state index contributed by atoms with van der Waals surface area (Å²) in [5.41, 5.74) is 13.1. The second-order valence-electron chi connectivity index (χ2n) is 15.0. The fourth-order valence-corrected chi connectivity index (χ4v) is 10.2. The van der Waals surface area contributed by atoms with Crippen molar-refractivity contribution in [3.05, 3.63) is 168 Å². The van der Waals surface area contributed by atoms with Crippen molar-refractivity contribution in [3.8, 4) is 34.0 Å². The predicted molar refractivity (Wildman–Crippen MR) is 234 cm³/mol. The number of thiophene rings is 1. The van der Waals surface area contributed by atoms with Gasteiger partial charge in [0.05, 0.1) is 27.6 Å². The highest BCUT2D eigenvalue weighted by Gasteiger charge is 2.35. The zero-order chi connectivity index (χ0) is 37.0. The van der Waals surface area contributed by atoms with E-state index in [9.17, 15) is 0 Å². The van der Waals surface area contributed by atoms with Gasteiger partial charge in [-0.1, -0.05) is 130 Å². The third-order valence-corrected chi connectivity index (χ3v) is 12.8. The quantitative estimate of drug-likeness (QED) is 0.177. The Bertz CT molecular complexity index is 3220. The van der Waals surface area contributed by atoms with Crippen molar-refractivity contribution in [3.63, 3.8) is 0 Å². The number of benzene rings is 6. The third-order valence-electron chi connectivity index (χ3n) is 11.7. The van der Waals surface area contributed by atoms with Crippen LogP contribution in [0.1, 0.15) is 43.2 Å². The van der Waals surface area contributed by atoms with Gasteiger partial charge in [0.1, 0.15) is 4.83 Å². The highest BCUT2D eigenvalue weighted by Crippen LogP contribution is 2.50. The largest absolute Gasteiger partial charge is 0.293 e. The van der Waals surface area contributed by atoms with E-state index in [1.54, 1.807) is 11.3 Å². The van der Waals surface area contributed by atoms with Crippen LogP contribution in [0.2, 0.25) is 0 Å². The molecule has 5 heteroatoms. The van der Waals surface area contributed by atoms with E-state index in [0.717, 1.165) is 54.6 Å². The Morgan fingerprint density at radius 1 is 0.618 bits per heavy atom. The van der Waals surface area contributed by atoms with E-state index in [0.29, 0.717) is 5.95 Å². The van der Waals surface area contributed by atoms with Crippen LogP contribution < -0.4 is 0 Å². The number of allylic oxidation sites excluding steroid dienone is 1. The fraction of sp³-hybridized carbons (Fsp3) is 0.0800. The highest BCUT2D eigenvalue weighted by atomic mass is 32.1. The fourth-order valence-electron chi connectivity index (χ4n) is 9.17. The van der Waals surface area contributed by atoms with E-state index in [4.69, 9.17) is 9.97 Å². The number of fused-ring (bicyclic) bond motifs is 10. The van der Waals surface area contributed by atoms with Gasteiger partial charge in [-0.3, -0.25) is 9.13 Å². The summed E-state index contributed by atoms with van der Waals surface area (Å²) in [6.07, 6.45) is 6.16. The summed E-state index contributed by atoms with van der Waals surface area (Å²) >= 11 is 1.73. The molecule has 0 fully saturated rings. The van der Waals surface area contributed by atoms with Crippen molar-refractivity contribution >= 4 is 76.5 Å². The molecule has 0 atom stereocenters. The molecule has 1 aliphatic rings. The van der Waals surface area contributed by atoms with E-state index >= 15 is 0 Å². The van der Waals surface area contributed by atoms with Crippen LogP contribution in [0.25, 0.3) is 99.2 Å². The van der Waals surface area contributed by atoms with Crippen LogP contribution in [0.4, 0.5) is 0 Å². The summed E-state index contributed by atoms with van der Waals surface area (Å²) in [5, 5.41) is 5.74. The molecule has 0 radical (unpaired) electrons. The van der Waals surface area contributed by atoms with Crippen LogP contribution in [0.15, 0.2) is 146 Å². The van der Waals surface area contributed by atoms with Crippen LogP contribution in [0.3, 0.4) is 0 Å². The van der Waals surface area contributed by atoms with Crippen LogP contribution in [-0.4, -0.2) is 19.1 Å². The first-order valence-electron chi connectivity index (χ1n) is 18.8. The maximum Gasteiger partial charge on any atom is 0.238 e. The van der Waals surface area contributed by atoms with Gasteiger partial charge in [0.2, 0.25) is 5.95 Å². The van der Waals surface area contributed by atoms with E-state index in [1.165, 1.54) is 48.9 Å². The topological polar surface area (TPSA) is 35.6 Å². The molecular weight excluding hydrogens is 689 g/mol. The highest BCUT2D eigenvalue weighted by molar-refractivity contribution is 7.25. The van der Waals surface area contributed by atoms with E-state index in [2.05, 4.69) is 182 Å². The van der Waals surface area contributed by atoms with Crippen molar-refractivity contribution in [1.82, 2.24) is 19.1 Å². The Hall–Kier alpha value is -6.56. The summed E-state index contributed by atoms with van der Waals surface area (Å²) < 4.78 is 5.70. The Labute approximate surface area is 323 Å². The number of aromatic nitrogens is 4. The zero-order valence-corrected chi connectivity index (χ0v) is 31.7. The molecule has 11 rings (SSSR count). The molecule has 0 amide bonds. The van der Waals surface area contributed by atoms with Crippen LogP contribution >= 0.6 is 11.3 Å². The monoisotopic (exact) mass is 724 g/mol. The Kier molecular flexibility index (Phi) is 6.80. The van der Waals surface area contributed by atoms with Crippen molar-refractivity contribution in [2.45, 2.75) is 26.2 Å². The molecular formula is C50H36N4S. The van der Waals surface area contributed by atoms with Gasteiger partial charge in [-0.25, -0.2) is 4.98 Å². The first kappa shape index (κ1) is 31.9. The van der Waals surface area contributed by atoms with Crippen LogP contribution in [0.5, 0.6) is 0 Å². The van der Waals surface area contributed by atoms with Crippen molar-refractivity contribution in [1.29, 1.82) is 0 Å².